The van der Waals surface area contributed by atoms with Gasteiger partial charge in [0, 0.05) is 21.8 Å². The molecule has 0 spiro atoms. The Morgan fingerprint density at radius 2 is 1.89 bits per heavy atom. The third-order valence-corrected chi connectivity index (χ3v) is 4.65. The predicted molar refractivity (Wildman–Crippen MR) is 80.2 cm³/mol. The molecule has 18 heavy (non-hydrogen) atoms. The summed E-state index contributed by atoms with van der Waals surface area (Å²) < 4.78 is 1.69. The highest BCUT2D eigenvalue weighted by Gasteiger charge is 2.22. The van der Waals surface area contributed by atoms with Crippen molar-refractivity contribution in [2.75, 3.05) is 6.54 Å². The molecule has 3 N–H and O–H groups in total. The fourth-order valence-corrected chi connectivity index (χ4v) is 3.22. The molecule has 0 aliphatic carbocycles. The lowest BCUT2D eigenvalue weighted by Gasteiger charge is -2.21. The van der Waals surface area contributed by atoms with Gasteiger partial charge in [-0.05, 0) is 29.8 Å². The molecule has 0 saturated heterocycles. The van der Waals surface area contributed by atoms with Crippen molar-refractivity contribution in [2.24, 2.45) is 5.73 Å². The van der Waals surface area contributed by atoms with E-state index >= 15 is 0 Å². The monoisotopic (exact) mass is 345 g/mol. The lowest BCUT2D eigenvalue weighted by Crippen LogP contribution is -2.19. The summed E-state index contributed by atoms with van der Waals surface area (Å²) in [5, 5.41) is 10.4. The summed E-state index contributed by atoms with van der Waals surface area (Å²) in [5.74, 6) is -0.118. The van der Waals surface area contributed by atoms with Crippen LogP contribution in [0.5, 0.6) is 0 Å². The Bertz CT molecular complexity index is 514. The van der Waals surface area contributed by atoms with Gasteiger partial charge in [-0.15, -0.1) is 11.3 Å². The van der Waals surface area contributed by atoms with Gasteiger partial charge in [-0.25, -0.2) is 0 Å². The summed E-state index contributed by atoms with van der Waals surface area (Å²) in [5.41, 5.74) is 6.81. The SMILES string of the molecule is NCC(c1ccc(Br)cc1)C(O)c1ccc(Cl)s1. The van der Waals surface area contributed by atoms with Gasteiger partial charge in [0.05, 0.1) is 10.4 Å². The minimum Gasteiger partial charge on any atom is -0.387 e. The van der Waals surface area contributed by atoms with Crippen molar-refractivity contribution < 1.29 is 5.11 Å². The Hall–Kier alpha value is -0.390. The highest BCUT2D eigenvalue weighted by Crippen LogP contribution is 2.35. The zero-order valence-electron chi connectivity index (χ0n) is 9.51. The molecule has 2 atom stereocenters. The molecule has 0 radical (unpaired) electrons. The van der Waals surface area contributed by atoms with Crippen LogP contribution in [0.25, 0.3) is 0 Å². The summed E-state index contributed by atoms with van der Waals surface area (Å²) in [7, 11) is 0. The van der Waals surface area contributed by atoms with E-state index in [1.165, 1.54) is 11.3 Å². The average molecular weight is 347 g/mol. The molecule has 0 aliphatic rings. The quantitative estimate of drug-likeness (QED) is 0.881. The smallest absolute Gasteiger partial charge is 0.0962 e. The number of hydrogen-bond donors (Lipinski definition) is 2. The van der Waals surface area contributed by atoms with Gasteiger partial charge in [0.2, 0.25) is 0 Å². The van der Waals surface area contributed by atoms with Gasteiger partial charge >= 0.3 is 0 Å². The number of aliphatic hydroxyl groups is 1. The zero-order valence-corrected chi connectivity index (χ0v) is 12.7. The predicted octanol–water partition coefficient (Wildman–Crippen LogP) is 3.94. The van der Waals surface area contributed by atoms with Crippen LogP contribution >= 0.6 is 38.9 Å². The van der Waals surface area contributed by atoms with Gasteiger partial charge in [-0.2, -0.15) is 0 Å². The maximum Gasteiger partial charge on any atom is 0.0962 e. The summed E-state index contributed by atoms with van der Waals surface area (Å²) in [4.78, 5) is 0.846. The van der Waals surface area contributed by atoms with E-state index < -0.39 is 6.10 Å². The largest absolute Gasteiger partial charge is 0.387 e. The second-order valence-corrected chi connectivity index (χ2v) is 6.64. The van der Waals surface area contributed by atoms with E-state index in [1.54, 1.807) is 6.07 Å². The molecule has 2 nitrogen and oxygen atoms in total. The van der Waals surface area contributed by atoms with Gasteiger partial charge in [-0.1, -0.05) is 39.7 Å². The van der Waals surface area contributed by atoms with E-state index in [9.17, 15) is 5.11 Å². The van der Waals surface area contributed by atoms with Crippen molar-refractivity contribution in [1.82, 2.24) is 0 Å². The summed E-state index contributed by atoms with van der Waals surface area (Å²) in [6.45, 7) is 0.387. The van der Waals surface area contributed by atoms with Crippen molar-refractivity contribution in [3.05, 3.63) is 55.6 Å². The molecule has 5 heteroatoms. The first kappa shape index (κ1) is 14.0. The maximum atomic E-state index is 10.4. The van der Waals surface area contributed by atoms with Crippen molar-refractivity contribution >= 4 is 38.9 Å². The number of halogens is 2. The average Bonchev–Trinajstić information content (AvgIpc) is 2.79. The molecule has 1 aromatic carbocycles. The topological polar surface area (TPSA) is 46.2 Å². The number of benzene rings is 1. The van der Waals surface area contributed by atoms with E-state index in [2.05, 4.69) is 15.9 Å². The van der Waals surface area contributed by atoms with E-state index in [4.69, 9.17) is 17.3 Å². The lowest BCUT2D eigenvalue weighted by atomic mass is 9.93. The molecular formula is C13H13BrClNOS. The fourth-order valence-electron chi connectivity index (χ4n) is 1.84. The van der Waals surface area contributed by atoms with E-state index in [0.717, 1.165) is 14.9 Å². The summed E-state index contributed by atoms with van der Waals surface area (Å²) >= 11 is 10.7. The third kappa shape index (κ3) is 3.13. The maximum absolute atomic E-state index is 10.4. The highest BCUT2D eigenvalue weighted by molar-refractivity contribution is 9.10. The molecule has 0 saturated carbocycles. The van der Waals surface area contributed by atoms with Crippen LogP contribution in [0.15, 0.2) is 40.9 Å². The summed E-state index contributed by atoms with van der Waals surface area (Å²) in [6.07, 6.45) is -0.617. The minimum atomic E-state index is -0.617. The molecule has 2 rings (SSSR count). The van der Waals surface area contributed by atoms with Crippen LogP contribution in [-0.2, 0) is 0 Å². The number of aliphatic hydroxyl groups excluding tert-OH is 1. The Balaban J connectivity index is 2.25. The number of nitrogens with two attached hydrogens (primary N) is 1. The van der Waals surface area contributed by atoms with Crippen molar-refractivity contribution in [3.8, 4) is 0 Å². The molecule has 0 fully saturated rings. The first-order valence-corrected chi connectivity index (χ1v) is 7.49. The van der Waals surface area contributed by atoms with Crippen molar-refractivity contribution in [2.45, 2.75) is 12.0 Å². The first-order valence-electron chi connectivity index (χ1n) is 5.50. The van der Waals surface area contributed by atoms with Gasteiger partial charge in [0.1, 0.15) is 0 Å². The first-order chi connectivity index (χ1) is 8.61. The zero-order chi connectivity index (χ0) is 13.1. The van der Waals surface area contributed by atoms with Crippen LogP contribution < -0.4 is 5.73 Å². The Labute approximate surface area is 124 Å². The van der Waals surface area contributed by atoms with Crippen LogP contribution in [0, 0.1) is 0 Å². The van der Waals surface area contributed by atoms with Gasteiger partial charge in [0.25, 0.3) is 0 Å². The van der Waals surface area contributed by atoms with E-state index in [1.807, 2.05) is 30.3 Å². The molecule has 2 unspecified atom stereocenters. The Kier molecular flexibility index (Phi) is 4.81. The molecule has 1 aromatic heterocycles. The van der Waals surface area contributed by atoms with Crippen molar-refractivity contribution in [1.29, 1.82) is 0 Å². The fraction of sp³-hybridized carbons (Fsp3) is 0.231. The third-order valence-electron chi connectivity index (χ3n) is 2.82. The Morgan fingerprint density at radius 1 is 1.22 bits per heavy atom. The molecule has 0 amide bonds. The number of hydrogen-bond acceptors (Lipinski definition) is 3. The van der Waals surface area contributed by atoms with E-state index in [-0.39, 0.29) is 5.92 Å². The second kappa shape index (κ2) is 6.17. The summed E-state index contributed by atoms with van der Waals surface area (Å²) in [6, 6.07) is 11.5. The van der Waals surface area contributed by atoms with Crippen LogP contribution in [-0.4, -0.2) is 11.7 Å². The Morgan fingerprint density at radius 3 is 2.39 bits per heavy atom. The normalized spacial score (nSPS) is 14.4. The van der Waals surface area contributed by atoms with Crippen LogP contribution in [0.1, 0.15) is 22.5 Å². The molecular weight excluding hydrogens is 334 g/mol. The molecule has 0 bridgehead atoms. The lowest BCUT2D eigenvalue weighted by molar-refractivity contribution is 0.151. The molecule has 96 valence electrons. The molecule has 0 aliphatic heterocycles. The standard InChI is InChI=1S/C13H13BrClNOS/c14-9-3-1-8(2-4-9)10(7-16)13(17)11-5-6-12(15)18-11/h1-6,10,13,17H,7,16H2. The molecule has 1 heterocycles. The second-order valence-electron chi connectivity index (χ2n) is 3.98. The number of thiophene rings is 1. The minimum absolute atomic E-state index is 0.118. The van der Waals surface area contributed by atoms with Crippen LogP contribution in [0.3, 0.4) is 0 Å². The number of rotatable bonds is 4. The molecule has 2 aromatic rings. The van der Waals surface area contributed by atoms with Crippen LogP contribution in [0.4, 0.5) is 0 Å². The van der Waals surface area contributed by atoms with Gasteiger partial charge in [0.15, 0.2) is 0 Å². The van der Waals surface area contributed by atoms with Gasteiger partial charge < -0.3 is 10.8 Å². The van der Waals surface area contributed by atoms with Crippen molar-refractivity contribution in [3.63, 3.8) is 0 Å². The highest BCUT2D eigenvalue weighted by atomic mass is 79.9. The van der Waals surface area contributed by atoms with Gasteiger partial charge in [-0.3, -0.25) is 0 Å². The van der Waals surface area contributed by atoms with E-state index in [0.29, 0.717) is 10.9 Å². The van der Waals surface area contributed by atoms with Crippen LogP contribution in [0.2, 0.25) is 4.34 Å².